The average molecular weight is 258 g/mol. The van der Waals surface area contributed by atoms with E-state index in [0.29, 0.717) is 18.4 Å². The first-order valence-corrected chi connectivity index (χ1v) is 6.60. The minimum atomic E-state index is -0.848. The predicted molar refractivity (Wildman–Crippen MR) is 73.0 cm³/mol. The third-order valence-corrected chi connectivity index (χ3v) is 3.85. The van der Waals surface area contributed by atoms with Crippen LogP contribution in [-0.4, -0.2) is 16.6 Å². The number of carboxylic acids is 1. The van der Waals surface area contributed by atoms with Crippen molar-refractivity contribution in [2.24, 2.45) is 0 Å². The molecule has 1 aliphatic carbocycles. The van der Waals surface area contributed by atoms with E-state index < -0.39 is 11.5 Å². The Balaban J connectivity index is 2.25. The van der Waals surface area contributed by atoms with E-state index in [2.05, 4.69) is 11.4 Å². The van der Waals surface area contributed by atoms with Crippen LogP contribution < -0.4 is 5.32 Å². The fraction of sp³-hybridized carbons (Fsp3) is 0.467. The van der Waals surface area contributed by atoms with Crippen LogP contribution in [0.3, 0.4) is 0 Å². The van der Waals surface area contributed by atoms with Crippen LogP contribution in [0.1, 0.15) is 43.2 Å². The van der Waals surface area contributed by atoms with Crippen molar-refractivity contribution in [1.29, 1.82) is 5.26 Å². The molecule has 0 amide bonds. The average Bonchev–Trinajstić information content (AvgIpc) is 2.40. The maximum absolute atomic E-state index is 11.6. The third-order valence-electron chi connectivity index (χ3n) is 3.85. The Hall–Kier alpha value is -2.02. The molecule has 2 N–H and O–H groups in total. The lowest BCUT2D eigenvalue weighted by atomic mass is 9.81. The van der Waals surface area contributed by atoms with Crippen molar-refractivity contribution in [3.63, 3.8) is 0 Å². The number of nitrogens with zero attached hydrogens (tertiary/aromatic N) is 1. The lowest BCUT2D eigenvalue weighted by Gasteiger charge is -2.35. The molecule has 100 valence electrons. The first-order chi connectivity index (χ1) is 9.07. The number of carbonyl (C=O) groups is 1. The highest BCUT2D eigenvalue weighted by Gasteiger charge is 2.39. The summed E-state index contributed by atoms with van der Waals surface area (Å²) >= 11 is 0. The van der Waals surface area contributed by atoms with E-state index in [1.54, 1.807) is 12.1 Å². The number of nitriles is 1. The standard InChI is InChI=1S/C15H18N2O2/c1-11-9-13(6-5-12(11)10-16)17-15(14(18)19)7-3-2-4-8-15/h5-6,9,17H,2-4,7-8H2,1H3,(H,18,19). The van der Waals surface area contributed by atoms with Gasteiger partial charge in [0.05, 0.1) is 11.6 Å². The molecule has 0 aromatic heterocycles. The van der Waals surface area contributed by atoms with Crippen LogP contribution in [0.15, 0.2) is 18.2 Å². The maximum atomic E-state index is 11.6. The molecule has 0 saturated heterocycles. The molecule has 1 aromatic rings. The van der Waals surface area contributed by atoms with E-state index in [9.17, 15) is 9.90 Å². The monoisotopic (exact) mass is 258 g/mol. The Morgan fingerprint density at radius 3 is 2.58 bits per heavy atom. The number of benzene rings is 1. The second-order valence-corrected chi connectivity index (χ2v) is 5.21. The summed E-state index contributed by atoms with van der Waals surface area (Å²) in [6.07, 6.45) is 4.29. The van der Waals surface area contributed by atoms with E-state index in [4.69, 9.17) is 5.26 Å². The van der Waals surface area contributed by atoms with E-state index in [1.807, 2.05) is 13.0 Å². The van der Waals surface area contributed by atoms with Gasteiger partial charge in [0.15, 0.2) is 0 Å². The van der Waals surface area contributed by atoms with Crippen molar-refractivity contribution in [1.82, 2.24) is 0 Å². The number of aryl methyl sites for hydroxylation is 1. The molecule has 0 unspecified atom stereocenters. The highest BCUT2D eigenvalue weighted by molar-refractivity contribution is 5.83. The van der Waals surface area contributed by atoms with Crippen molar-refractivity contribution in [2.75, 3.05) is 5.32 Å². The van der Waals surface area contributed by atoms with Gasteiger partial charge in [-0.2, -0.15) is 5.26 Å². The number of hydrogen-bond donors (Lipinski definition) is 2. The first kappa shape index (κ1) is 13.4. The summed E-state index contributed by atoms with van der Waals surface area (Å²) < 4.78 is 0. The Bertz CT molecular complexity index is 525. The Labute approximate surface area is 113 Å². The number of hydrogen-bond acceptors (Lipinski definition) is 3. The summed E-state index contributed by atoms with van der Waals surface area (Å²) in [4.78, 5) is 11.6. The molecule has 1 aliphatic rings. The zero-order valence-corrected chi connectivity index (χ0v) is 11.1. The molecule has 1 fully saturated rings. The van der Waals surface area contributed by atoms with Crippen LogP contribution in [0.5, 0.6) is 0 Å². The van der Waals surface area contributed by atoms with E-state index in [1.165, 1.54) is 0 Å². The molecule has 0 aliphatic heterocycles. The molecule has 0 bridgehead atoms. The van der Waals surface area contributed by atoms with Crippen molar-refractivity contribution < 1.29 is 9.90 Å². The number of nitrogens with one attached hydrogen (secondary N) is 1. The van der Waals surface area contributed by atoms with Gasteiger partial charge in [-0.25, -0.2) is 4.79 Å². The molecule has 4 heteroatoms. The predicted octanol–water partition coefficient (Wildman–Crippen LogP) is 3.07. The van der Waals surface area contributed by atoms with Gasteiger partial charge in [0.1, 0.15) is 5.54 Å². The van der Waals surface area contributed by atoms with Crippen LogP contribution in [-0.2, 0) is 4.79 Å². The lowest BCUT2D eigenvalue weighted by molar-refractivity contribution is -0.143. The molecule has 0 heterocycles. The van der Waals surface area contributed by atoms with Gasteiger partial charge >= 0.3 is 5.97 Å². The van der Waals surface area contributed by atoms with Crippen LogP contribution in [0, 0.1) is 18.3 Å². The quantitative estimate of drug-likeness (QED) is 0.873. The van der Waals surface area contributed by atoms with E-state index in [-0.39, 0.29) is 0 Å². The highest BCUT2D eigenvalue weighted by Crippen LogP contribution is 2.32. The van der Waals surface area contributed by atoms with Crippen molar-refractivity contribution in [3.8, 4) is 6.07 Å². The summed E-state index contributed by atoms with van der Waals surface area (Å²) in [6, 6.07) is 7.47. The first-order valence-electron chi connectivity index (χ1n) is 6.60. The zero-order valence-electron chi connectivity index (χ0n) is 11.1. The second-order valence-electron chi connectivity index (χ2n) is 5.21. The SMILES string of the molecule is Cc1cc(NC2(C(=O)O)CCCCC2)ccc1C#N. The van der Waals surface area contributed by atoms with Gasteiger partial charge in [0, 0.05) is 5.69 Å². The Kier molecular flexibility index (Phi) is 3.75. The van der Waals surface area contributed by atoms with Gasteiger partial charge in [-0.15, -0.1) is 0 Å². The van der Waals surface area contributed by atoms with Crippen LogP contribution in [0.4, 0.5) is 5.69 Å². The summed E-state index contributed by atoms with van der Waals surface area (Å²) in [5.41, 5.74) is 1.42. The smallest absolute Gasteiger partial charge is 0.329 e. The van der Waals surface area contributed by atoms with Crippen LogP contribution in [0.25, 0.3) is 0 Å². The van der Waals surface area contributed by atoms with Gasteiger partial charge in [-0.1, -0.05) is 19.3 Å². The lowest BCUT2D eigenvalue weighted by Crippen LogP contribution is -2.47. The molecular formula is C15H18N2O2. The van der Waals surface area contributed by atoms with Crippen LogP contribution in [0.2, 0.25) is 0 Å². The minimum absolute atomic E-state index is 0.624. The zero-order chi connectivity index (χ0) is 13.9. The number of aliphatic carboxylic acids is 1. The number of rotatable bonds is 3. The van der Waals surface area contributed by atoms with Gasteiger partial charge in [0.25, 0.3) is 0 Å². The molecule has 1 aromatic carbocycles. The molecule has 0 radical (unpaired) electrons. The van der Waals surface area contributed by atoms with Crippen molar-refractivity contribution in [3.05, 3.63) is 29.3 Å². The maximum Gasteiger partial charge on any atom is 0.329 e. The van der Waals surface area contributed by atoms with Gasteiger partial charge in [0.2, 0.25) is 0 Å². The Morgan fingerprint density at radius 2 is 2.05 bits per heavy atom. The highest BCUT2D eigenvalue weighted by atomic mass is 16.4. The topological polar surface area (TPSA) is 73.1 Å². The molecule has 1 saturated carbocycles. The fourth-order valence-electron chi connectivity index (χ4n) is 2.69. The number of carboxylic acid groups (broad SMARTS) is 1. The van der Waals surface area contributed by atoms with Gasteiger partial charge in [-0.05, 0) is 43.5 Å². The summed E-state index contributed by atoms with van der Waals surface area (Å²) in [5.74, 6) is -0.783. The summed E-state index contributed by atoms with van der Waals surface area (Å²) in [6.45, 7) is 1.86. The molecule has 19 heavy (non-hydrogen) atoms. The molecule has 0 atom stereocenters. The van der Waals surface area contributed by atoms with E-state index in [0.717, 1.165) is 30.5 Å². The van der Waals surface area contributed by atoms with Crippen molar-refractivity contribution >= 4 is 11.7 Å². The van der Waals surface area contributed by atoms with E-state index >= 15 is 0 Å². The second kappa shape index (κ2) is 5.31. The van der Waals surface area contributed by atoms with Crippen LogP contribution >= 0.6 is 0 Å². The summed E-state index contributed by atoms with van der Waals surface area (Å²) in [7, 11) is 0. The van der Waals surface area contributed by atoms with Gasteiger partial charge in [-0.3, -0.25) is 0 Å². The summed E-state index contributed by atoms with van der Waals surface area (Å²) in [5, 5.41) is 21.6. The Morgan fingerprint density at radius 1 is 1.37 bits per heavy atom. The number of anilines is 1. The largest absolute Gasteiger partial charge is 0.480 e. The normalized spacial score (nSPS) is 17.5. The third kappa shape index (κ3) is 2.70. The molecule has 2 rings (SSSR count). The minimum Gasteiger partial charge on any atom is -0.480 e. The molecular weight excluding hydrogens is 240 g/mol. The molecule has 4 nitrogen and oxygen atoms in total. The molecule has 0 spiro atoms. The van der Waals surface area contributed by atoms with Gasteiger partial charge < -0.3 is 10.4 Å². The van der Waals surface area contributed by atoms with Crippen molar-refractivity contribution in [2.45, 2.75) is 44.6 Å². The fourth-order valence-corrected chi connectivity index (χ4v) is 2.69.